The van der Waals surface area contributed by atoms with Crippen LogP contribution in [0.25, 0.3) is 0 Å². The van der Waals surface area contributed by atoms with Gasteiger partial charge in [-0.1, -0.05) is 60.1 Å². The molecule has 9 rings (SSSR count). The van der Waals surface area contributed by atoms with Crippen molar-refractivity contribution < 1.29 is 113 Å². The fourth-order valence-corrected chi connectivity index (χ4v) is 16.5. The Bertz CT molecular complexity index is 2200. The van der Waals surface area contributed by atoms with E-state index in [4.69, 9.17) is 42.6 Å². The molecule has 78 heavy (non-hydrogen) atoms. The highest BCUT2D eigenvalue weighted by atomic mass is 16.8. The lowest BCUT2D eigenvalue weighted by atomic mass is 9.33. The molecular weight excluding hydrogens is 1030 g/mol. The molecule has 0 amide bonds. The van der Waals surface area contributed by atoms with Gasteiger partial charge in [-0.3, -0.25) is 4.79 Å². The summed E-state index contributed by atoms with van der Waals surface area (Å²) in [6, 6.07) is 0. The summed E-state index contributed by atoms with van der Waals surface area (Å²) in [4.78, 5) is 28.1. The van der Waals surface area contributed by atoms with E-state index in [1.807, 2.05) is 0 Å². The van der Waals surface area contributed by atoms with Crippen molar-refractivity contribution in [1.29, 1.82) is 0 Å². The van der Waals surface area contributed by atoms with Crippen molar-refractivity contribution in [2.24, 2.45) is 50.2 Å². The fourth-order valence-electron chi connectivity index (χ4n) is 16.5. The van der Waals surface area contributed by atoms with E-state index in [-0.39, 0.29) is 39.4 Å². The number of carbonyl (C=O) groups excluding carboxylic acids is 2. The van der Waals surface area contributed by atoms with Crippen LogP contribution in [0.5, 0.6) is 0 Å². The molecule has 0 spiro atoms. The van der Waals surface area contributed by atoms with Crippen LogP contribution in [-0.2, 0) is 52.2 Å². The minimum Gasteiger partial charge on any atom is -0.467 e. The number of methoxy groups -OCH3 is 1. The molecule has 4 aliphatic heterocycles. The van der Waals surface area contributed by atoms with E-state index >= 15 is 0 Å². The van der Waals surface area contributed by atoms with Crippen LogP contribution in [0, 0.1) is 50.2 Å². The molecule has 0 unspecified atom stereocenters. The van der Waals surface area contributed by atoms with E-state index in [0.29, 0.717) is 32.1 Å². The van der Waals surface area contributed by atoms with Crippen LogP contribution in [0.1, 0.15) is 120 Å². The van der Waals surface area contributed by atoms with Gasteiger partial charge in [0, 0.05) is 0 Å². The maximum Gasteiger partial charge on any atom is 0.337 e. The van der Waals surface area contributed by atoms with Crippen molar-refractivity contribution in [3.63, 3.8) is 0 Å². The number of hydrogen-bond acceptors (Lipinski definition) is 23. The van der Waals surface area contributed by atoms with Crippen LogP contribution in [0.15, 0.2) is 11.6 Å². The van der Waals surface area contributed by atoms with Crippen molar-refractivity contribution >= 4 is 11.9 Å². The second kappa shape index (κ2) is 21.8. The van der Waals surface area contributed by atoms with Gasteiger partial charge in [-0.25, -0.2) is 4.79 Å². The summed E-state index contributed by atoms with van der Waals surface area (Å²) < 4.78 is 53.0. The number of allylic oxidation sites excluding steroid dienone is 2. The monoisotopic (exact) mass is 1120 g/mol. The molecule has 4 heterocycles. The summed E-state index contributed by atoms with van der Waals surface area (Å²) >= 11 is 0. The van der Waals surface area contributed by atoms with Crippen LogP contribution in [0.3, 0.4) is 0 Å². The number of carbonyl (C=O) groups is 2. The minimum absolute atomic E-state index is 0.0662. The van der Waals surface area contributed by atoms with Gasteiger partial charge in [0.1, 0.15) is 85.5 Å². The van der Waals surface area contributed by atoms with Gasteiger partial charge < -0.3 is 104 Å². The van der Waals surface area contributed by atoms with Gasteiger partial charge >= 0.3 is 11.9 Å². The average molecular weight is 1120 g/mol. The summed E-state index contributed by atoms with van der Waals surface area (Å²) in [7, 11) is 1.09. The van der Waals surface area contributed by atoms with Crippen LogP contribution in [-0.4, -0.2) is 222 Å². The zero-order chi connectivity index (χ0) is 57.1. The average Bonchev–Trinajstić information content (AvgIpc) is 3.38. The molecule has 0 bridgehead atoms. The van der Waals surface area contributed by atoms with Crippen molar-refractivity contribution in [2.75, 3.05) is 20.3 Å². The number of rotatable bonds is 11. The Kier molecular flexibility index (Phi) is 16.9. The Hall–Kier alpha value is -2.08. The zero-order valence-corrected chi connectivity index (χ0v) is 46.3. The molecule has 23 nitrogen and oxygen atoms in total. The van der Waals surface area contributed by atoms with Crippen LogP contribution >= 0.6 is 0 Å². The number of hydrogen-bond donors (Lipinski definition) is 12. The van der Waals surface area contributed by atoms with Crippen molar-refractivity contribution in [3.05, 3.63) is 11.6 Å². The van der Waals surface area contributed by atoms with Gasteiger partial charge in [0.05, 0.1) is 37.9 Å². The number of esters is 2. The lowest BCUT2D eigenvalue weighted by molar-refractivity contribution is -0.389. The van der Waals surface area contributed by atoms with Crippen molar-refractivity contribution in [2.45, 2.75) is 249 Å². The van der Waals surface area contributed by atoms with Crippen LogP contribution in [0.4, 0.5) is 0 Å². The molecule has 0 radical (unpaired) electrons. The SMILES string of the molecule is COC(=O)[C@H]1O[C@@H](O[C@H]2CC[C@]3(C)[C@H]4CC=C5[C@@H]6CC(C)(C)CC[C@]6(C(=O)O[C@@H]6O[C@H](CO)[C@@H](O)[C@H](O)[C@H]6O)CC[C@@]5(C)[C@]4(C)CC[C@H]3C2(C)C)[C@H](O)[C@@H](O[C@@H]2O[C@H](CO)[C@@H](O)[C@H](O)[C@H]2O[C@@H]2O[C@@H](C)[C@H](O)[C@@H](O)[C@H]2O)[C@@H]1O. The molecule has 0 aromatic carbocycles. The minimum atomic E-state index is -1.95. The highest BCUT2D eigenvalue weighted by Gasteiger charge is 2.70. The maximum atomic E-state index is 14.8. The van der Waals surface area contributed by atoms with Crippen molar-refractivity contribution in [3.8, 4) is 0 Å². The summed E-state index contributed by atoms with van der Waals surface area (Å²) in [5.41, 5.74) is -1.17. The molecular formula is C55H88O23. The Balaban J connectivity index is 0.951. The summed E-state index contributed by atoms with van der Waals surface area (Å²) in [5, 5.41) is 130. The molecule has 0 aromatic rings. The Morgan fingerprint density at radius 2 is 1.18 bits per heavy atom. The topological polar surface area (TPSA) is 360 Å². The van der Waals surface area contributed by atoms with Crippen LogP contribution < -0.4 is 0 Å². The second-order valence-electron chi connectivity index (χ2n) is 26.5. The predicted molar refractivity (Wildman–Crippen MR) is 266 cm³/mol. The smallest absolute Gasteiger partial charge is 0.337 e. The van der Waals surface area contributed by atoms with Crippen LogP contribution in [0.2, 0.25) is 0 Å². The van der Waals surface area contributed by atoms with Gasteiger partial charge in [-0.05, 0) is 116 Å². The standard InChI is InChI=1S/C55H88O23/c1-23-31(58)34(61)37(64)45(71-23)77-43-36(63)33(60)27(22-57)73-48(43)75-41-39(66)42(44(68)70-9)76-47(40(41)67)74-30-13-14-52(6)28(51(30,4)5)12-15-54(8)29(52)11-10-24-25-20-50(2,3)16-18-55(25,19-17-53(24,54)7)49(69)78-46-38(65)35(62)32(59)26(21-56)72-46/h10,23,25-43,45-48,56-67H,11-22H2,1-9H3/t23-,25-,26+,27+,28-,29+,30-,31-,32+,33+,34+,35-,36-,37+,38+,39-,40+,41-,42-,43+,45-,46-,47+,48-,52-,53+,54+,55-/m0/s1. The number of aliphatic hydroxyl groups excluding tert-OH is 12. The third-order valence-corrected chi connectivity index (χ3v) is 21.5. The molecule has 23 heteroatoms. The Labute approximate surface area is 455 Å². The number of aliphatic hydroxyl groups is 12. The molecule has 8 fully saturated rings. The van der Waals surface area contributed by atoms with Gasteiger partial charge in [0.2, 0.25) is 6.29 Å². The molecule has 12 N–H and O–H groups in total. The predicted octanol–water partition coefficient (Wildman–Crippen LogP) is -0.827. The lowest BCUT2D eigenvalue weighted by Crippen LogP contribution is -2.68. The van der Waals surface area contributed by atoms with E-state index in [0.717, 1.165) is 39.2 Å². The van der Waals surface area contributed by atoms with E-state index in [9.17, 15) is 70.9 Å². The van der Waals surface area contributed by atoms with Crippen molar-refractivity contribution in [1.82, 2.24) is 0 Å². The lowest BCUT2D eigenvalue weighted by Gasteiger charge is -2.71. The fraction of sp³-hybridized carbons (Fsp3) is 0.927. The first-order chi connectivity index (χ1) is 36.5. The highest BCUT2D eigenvalue weighted by molar-refractivity contribution is 5.79. The quantitative estimate of drug-likeness (QED) is 0.0683. The third kappa shape index (κ3) is 9.74. The summed E-state index contributed by atoms with van der Waals surface area (Å²) in [5.74, 6) is -1.48. The zero-order valence-electron chi connectivity index (χ0n) is 46.3. The van der Waals surface area contributed by atoms with Gasteiger partial charge in [0.15, 0.2) is 25.0 Å². The van der Waals surface area contributed by atoms with E-state index in [1.165, 1.54) is 12.5 Å². The third-order valence-electron chi connectivity index (χ3n) is 21.5. The highest BCUT2D eigenvalue weighted by Crippen LogP contribution is 2.76. The second-order valence-corrected chi connectivity index (χ2v) is 26.5. The Morgan fingerprint density at radius 3 is 1.83 bits per heavy atom. The van der Waals surface area contributed by atoms with E-state index in [1.54, 1.807) is 0 Å². The normalized spacial score (nSPS) is 52.8. The molecule has 4 saturated carbocycles. The molecule has 446 valence electrons. The van der Waals surface area contributed by atoms with Gasteiger partial charge in [-0.15, -0.1) is 0 Å². The van der Waals surface area contributed by atoms with E-state index < -0.39 is 165 Å². The molecule has 0 aromatic heterocycles. The van der Waals surface area contributed by atoms with E-state index in [2.05, 4.69) is 54.5 Å². The number of ether oxygens (including phenoxy) is 9. The van der Waals surface area contributed by atoms with Gasteiger partial charge in [-0.2, -0.15) is 0 Å². The maximum absolute atomic E-state index is 14.8. The molecule has 5 aliphatic carbocycles. The number of fused-ring (bicyclic) bond motifs is 7. The molecule has 28 atom stereocenters. The summed E-state index contributed by atoms with van der Waals surface area (Å²) in [6.07, 6.45) is -24.9. The first-order valence-electron chi connectivity index (χ1n) is 28.1. The summed E-state index contributed by atoms with van der Waals surface area (Å²) in [6.45, 7) is 15.8. The molecule has 9 aliphatic rings. The van der Waals surface area contributed by atoms with Gasteiger partial charge in [0.25, 0.3) is 0 Å². The first-order valence-corrected chi connectivity index (χ1v) is 28.1. The first kappa shape index (κ1) is 60.5. The Morgan fingerprint density at radius 1 is 0.590 bits per heavy atom. The largest absolute Gasteiger partial charge is 0.467 e. The molecule has 4 saturated heterocycles.